The fourth-order valence-corrected chi connectivity index (χ4v) is 2.72. The Morgan fingerprint density at radius 1 is 1.26 bits per heavy atom. The Morgan fingerprint density at radius 2 is 2.05 bits per heavy atom. The van der Waals surface area contributed by atoms with Gasteiger partial charge in [-0.1, -0.05) is 11.6 Å². The molecule has 0 unspecified atom stereocenters. The van der Waals surface area contributed by atoms with Gasteiger partial charge in [-0.05, 0) is 37.5 Å². The maximum atomic E-state index is 6.18. The molecule has 1 aromatic rings. The summed E-state index contributed by atoms with van der Waals surface area (Å²) in [4.78, 5) is 0. The Balaban J connectivity index is 1.68. The second-order valence-corrected chi connectivity index (χ2v) is 5.75. The van der Waals surface area contributed by atoms with Crippen LogP contribution in [0.4, 0.5) is 0 Å². The van der Waals surface area contributed by atoms with Gasteiger partial charge in [0, 0.05) is 25.3 Å². The molecule has 0 amide bonds. The Labute approximate surface area is 118 Å². The standard InChI is InChI=1S/C14H18ClNO3/c1-14(2-4-17-5-3-14)16-8-10-6-11(15)13-12(7-10)18-9-19-13/h6-7,16H,2-5,8-9H2,1H3. The van der Waals surface area contributed by atoms with E-state index in [0.29, 0.717) is 10.8 Å². The SMILES string of the molecule is CC1(NCc2cc(Cl)c3c(c2)OCO3)CCOCC1. The number of rotatable bonds is 3. The van der Waals surface area contributed by atoms with Gasteiger partial charge in [-0.2, -0.15) is 0 Å². The van der Waals surface area contributed by atoms with Crippen LogP contribution < -0.4 is 14.8 Å². The molecule has 0 atom stereocenters. The van der Waals surface area contributed by atoms with E-state index in [2.05, 4.69) is 12.2 Å². The van der Waals surface area contributed by atoms with E-state index in [4.69, 9.17) is 25.8 Å². The lowest BCUT2D eigenvalue weighted by Crippen LogP contribution is -2.46. The van der Waals surface area contributed by atoms with Crippen LogP contribution >= 0.6 is 11.6 Å². The van der Waals surface area contributed by atoms with Crippen LogP contribution in [0.2, 0.25) is 5.02 Å². The molecule has 2 heterocycles. The van der Waals surface area contributed by atoms with Crippen molar-refractivity contribution in [2.45, 2.75) is 31.8 Å². The van der Waals surface area contributed by atoms with Gasteiger partial charge >= 0.3 is 0 Å². The molecule has 0 bridgehead atoms. The van der Waals surface area contributed by atoms with Crippen molar-refractivity contribution in [2.75, 3.05) is 20.0 Å². The summed E-state index contributed by atoms with van der Waals surface area (Å²) >= 11 is 6.18. The van der Waals surface area contributed by atoms with Crippen LogP contribution in [-0.4, -0.2) is 25.5 Å². The van der Waals surface area contributed by atoms with Gasteiger partial charge in [-0.3, -0.25) is 0 Å². The predicted octanol–water partition coefficient (Wildman–Crippen LogP) is 2.73. The zero-order valence-electron chi connectivity index (χ0n) is 11.0. The Bertz CT molecular complexity index is 472. The monoisotopic (exact) mass is 283 g/mol. The number of hydrogen-bond acceptors (Lipinski definition) is 4. The quantitative estimate of drug-likeness (QED) is 0.926. The topological polar surface area (TPSA) is 39.7 Å². The molecular formula is C14H18ClNO3. The van der Waals surface area contributed by atoms with Crippen LogP contribution in [0.3, 0.4) is 0 Å². The lowest BCUT2D eigenvalue weighted by Gasteiger charge is -2.34. The summed E-state index contributed by atoms with van der Waals surface area (Å²) in [7, 11) is 0. The summed E-state index contributed by atoms with van der Waals surface area (Å²) in [5.74, 6) is 1.39. The molecule has 1 N–H and O–H groups in total. The minimum atomic E-state index is 0.140. The average molecular weight is 284 g/mol. The average Bonchev–Trinajstić information content (AvgIpc) is 2.86. The smallest absolute Gasteiger partial charge is 0.231 e. The van der Waals surface area contributed by atoms with Crippen molar-refractivity contribution in [3.63, 3.8) is 0 Å². The third-order valence-corrected chi connectivity index (χ3v) is 4.08. The first kappa shape index (κ1) is 13.0. The summed E-state index contributed by atoms with van der Waals surface area (Å²) in [6.07, 6.45) is 2.07. The van der Waals surface area contributed by atoms with E-state index < -0.39 is 0 Å². The molecule has 0 radical (unpaired) electrons. The summed E-state index contributed by atoms with van der Waals surface area (Å²) in [5.41, 5.74) is 1.25. The molecule has 1 aromatic carbocycles. The first-order valence-corrected chi connectivity index (χ1v) is 6.95. The van der Waals surface area contributed by atoms with Crippen LogP contribution in [0.1, 0.15) is 25.3 Å². The molecule has 2 aliphatic rings. The molecule has 0 saturated carbocycles. The number of hydrogen-bond donors (Lipinski definition) is 1. The fraction of sp³-hybridized carbons (Fsp3) is 0.571. The van der Waals surface area contributed by atoms with E-state index in [1.807, 2.05) is 12.1 Å². The normalized spacial score (nSPS) is 20.5. The second-order valence-electron chi connectivity index (χ2n) is 5.34. The predicted molar refractivity (Wildman–Crippen MR) is 72.9 cm³/mol. The number of nitrogens with one attached hydrogen (secondary N) is 1. The van der Waals surface area contributed by atoms with Gasteiger partial charge in [-0.25, -0.2) is 0 Å². The molecule has 1 saturated heterocycles. The summed E-state index contributed by atoms with van der Waals surface area (Å²) in [6.45, 7) is 4.91. The summed E-state index contributed by atoms with van der Waals surface area (Å²) < 4.78 is 16.1. The van der Waals surface area contributed by atoms with E-state index in [-0.39, 0.29) is 12.3 Å². The van der Waals surface area contributed by atoms with Crippen molar-refractivity contribution in [1.82, 2.24) is 5.32 Å². The van der Waals surface area contributed by atoms with E-state index >= 15 is 0 Å². The molecule has 2 aliphatic heterocycles. The van der Waals surface area contributed by atoms with Crippen molar-refractivity contribution in [3.8, 4) is 11.5 Å². The Morgan fingerprint density at radius 3 is 2.84 bits per heavy atom. The van der Waals surface area contributed by atoms with Gasteiger partial charge in [0.15, 0.2) is 11.5 Å². The number of benzene rings is 1. The highest BCUT2D eigenvalue weighted by molar-refractivity contribution is 6.32. The molecule has 0 aromatic heterocycles. The maximum absolute atomic E-state index is 6.18. The van der Waals surface area contributed by atoms with Gasteiger partial charge in [0.1, 0.15) is 0 Å². The van der Waals surface area contributed by atoms with Crippen molar-refractivity contribution in [2.24, 2.45) is 0 Å². The number of ether oxygens (including phenoxy) is 3. The fourth-order valence-electron chi connectivity index (χ4n) is 2.44. The second kappa shape index (κ2) is 5.19. The summed E-state index contributed by atoms with van der Waals surface area (Å²) in [5, 5.41) is 4.21. The third-order valence-electron chi connectivity index (χ3n) is 3.80. The third kappa shape index (κ3) is 2.81. The molecule has 1 fully saturated rings. The van der Waals surface area contributed by atoms with Crippen LogP contribution in [0.5, 0.6) is 11.5 Å². The van der Waals surface area contributed by atoms with Crippen molar-refractivity contribution in [1.29, 1.82) is 0 Å². The molecule has 4 nitrogen and oxygen atoms in total. The zero-order chi connectivity index (χ0) is 13.3. The molecule has 104 valence electrons. The van der Waals surface area contributed by atoms with Crippen molar-refractivity contribution in [3.05, 3.63) is 22.7 Å². The molecule has 3 rings (SSSR count). The van der Waals surface area contributed by atoms with E-state index in [1.165, 1.54) is 0 Å². The van der Waals surface area contributed by atoms with Gasteiger partial charge in [-0.15, -0.1) is 0 Å². The number of halogens is 1. The summed E-state index contributed by atoms with van der Waals surface area (Å²) in [6, 6.07) is 3.93. The highest BCUT2D eigenvalue weighted by atomic mass is 35.5. The maximum Gasteiger partial charge on any atom is 0.231 e. The van der Waals surface area contributed by atoms with E-state index in [0.717, 1.165) is 43.9 Å². The number of fused-ring (bicyclic) bond motifs is 1. The minimum absolute atomic E-state index is 0.140. The highest BCUT2D eigenvalue weighted by Gasteiger charge is 2.27. The van der Waals surface area contributed by atoms with E-state index in [1.54, 1.807) is 0 Å². The molecule has 5 heteroatoms. The van der Waals surface area contributed by atoms with Gasteiger partial charge in [0.2, 0.25) is 6.79 Å². The van der Waals surface area contributed by atoms with Gasteiger partial charge in [0.25, 0.3) is 0 Å². The van der Waals surface area contributed by atoms with Gasteiger partial charge in [0.05, 0.1) is 5.02 Å². The van der Waals surface area contributed by atoms with Crippen molar-refractivity contribution >= 4 is 11.6 Å². The molecule has 0 spiro atoms. The van der Waals surface area contributed by atoms with Crippen molar-refractivity contribution < 1.29 is 14.2 Å². The van der Waals surface area contributed by atoms with Gasteiger partial charge < -0.3 is 19.5 Å². The van der Waals surface area contributed by atoms with Crippen LogP contribution in [0, 0.1) is 0 Å². The largest absolute Gasteiger partial charge is 0.454 e. The Hall–Kier alpha value is -0.970. The highest BCUT2D eigenvalue weighted by Crippen LogP contribution is 2.39. The van der Waals surface area contributed by atoms with Crippen LogP contribution in [0.15, 0.2) is 12.1 Å². The minimum Gasteiger partial charge on any atom is -0.454 e. The van der Waals surface area contributed by atoms with Crippen LogP contribution in [-0.2, 0) is 11.3 Å². The van der Waals surface area contributed by atoms with E-state index in [9.17, 15) is 0 Å². The molecular weight excluding hydrogens is 266 g/mol. The lowest BCUT2D eigenvalue weighted by molar-refractivity contribution is 0.0446. The Kier molecular flexibility index (Phi) is 3.56. The lowest BCUT2D eigenvalue weighted by atomic mass is 9.92. The zero-order valence-corrected chi connectivity index (χ0v) is 11.8. The first-order valence-electron chi connectivity index (χ1n) is 6.57. The first-order chi connectivity index (χ1) is 9.16. The van der Waals surface area contributed by atoms with Crippen LogP contribution in [0.25, 0.3) is 0 Å². The molecule has 19 heavy (non-hydrogen) atoms. The molecule has 0 aliphatic carbocycles.